The number of esters is 1. The van der Waals surface area contributed by atoms with Gasteiger partial charge in [0, 0.05) is 0 Å². The molecule has 0 radical (unpaired) electrons. The van der Waals surface area contributed by atoms with Gasteiger partial charge in [0.15, 0.2) is 0 Å². The Morgan fingerprint density at radius 1 is 1.44 bits per heavy atom. The molecule has 0 aliphatic rings. The Labute approximate surface area is 53.0 Å². The summed E-state index contributed by atoms with van der Waals surface area (Å²) in [6.45, 7) is 3.23. The maximum atomic E-state index is 10.4. The summed E-state index contributed by atoms with van der Waals surface area (Å²) in [5.74, 6) is -0.903. The zero-order valence-electron chi connectivity index (χ0n) is 5.38. The molecule has 2 N–H and O–H groups in total. The van der Waals surface area contributed by atoms with Crippen molar-refractivity contribution < 1.29 is 14.3 Å². The molecule has 0 spiro atoms. The molecule has 0 saturated carbocycles. The lowest BCUT2D eigenvalue weighted by Gasteiger charge is -1.99. The van der Waals surface area contributed by atoms with E-state index in [9.17, 15) is 9.59 Å². The first kappa shape index (κ1) is 7.94. The molecular formula is C5H9NO3. The minimum Gasteiger partial charge on any atom is -0.376 e. The number of hydrogen-bond acceptors (Lipinski definition) is 3. The van der Waals surface area contributed by atoms with Crippen molar-refractivity contribution in [2.75, 3.05) is 0 Å². The van der Waals surface area contributed by atoms with E-state index in [0.29, 0.717) is 0 Å². The molecule has 0 aromatic carbocycles. The van der Waals surface area contributed by atoms with Crippen LogP contribution in [0.4, 0.5) is 4.79 Å². The van der Waals surface area contributed by atoms with E-state index >= 15 is 0 Å². The lowest BCUT2D eigenvalue weighted by molar-refractivity contribution is -0.140. The van der Waals surface area contributed by atoms with Crippen molar-refractivity contribution >= 4 is 12.1 Å². The SMILES string of the molecule is CC(C)C(=O)OC(N)=O. The van der Waals surface area contributed by atoms with Crippen LogP contribution in [0.15, 0.2) is 0 Å². The average molecular weight is 131 g/mol. The predicted octanol–water partition coefficient (Wildman–Crippen LogP) is 0.264. The molecule has 9 heavy (non-hydrogen) atoms. The number of primary amides is 1. The fraction of sp³-hybridized carbons (Fsp3) is 0.600. The molecule has 0 aliphatic heterocycles. The van der Waals surface area contributed by atoms with Crippen molar-refractivity contribution in [3.05, 3.63) is 0 Å². The summed E-state index contributed by atoms with van der Waals surface area (Å²) in [4.78, 5) is 20.3. The second-order valence-corrected chi connectivity index (χ2v) is 1.89. The van der Waals surface area contributed by atoms with Gasteiger partial charge in [-0.15, -0.1) is 0 Å². The summed E-state index contributed by atoms with van der Waals surface area (Å²) in [5.41, 5.74) is 4.55. The molecule has 0 atom stereocenters. The number of amides is 1. The molecule has 0 unspecified atom stereocenters. The third-order valence-electron chi connectivity index (χ3n) is 0.673. The number of ether oxygens (including phenoxy) is 1. The topological polar surface area (TPSA) is 69.4 Å². The number of rotatable bonds is 1. The number of carbonyl (C=O) groups is 2. The van der Waals surface area contributed by atoms with Crippen LogP contribution in [0.2, 0.25) is 0 Å². The van der Waals surface area contributed by atoms with E-state index in [1.165, 1.54) is 0 Å². The Morgan fingerprint density at radius 3 is 2.00 bits per heavy atom. The summed E-state index contributed by atoms with van der Waals surface area (Å²) in [7, 11) is 0. The number of hydrogen-bond donors (Lipinski definition) is 1. The summed E-state index contributed by atoms with van der Waals surface area (Å²) in [6.07, 6.45) is -1.05. The number of carbonyl (C=O) groups excluding carboxylic acids is 2. The van der Waals surface area contributed by atoms with Crippen molar-refractivity contribution in [1.82, 2.24) is 0 Å². The van der Waals surface area contributed by atoms with Crippen LogP contribution in [-0.2, 0) is 9.53 Å². The third kappa shape index (κ3) is 3.52. The van der Waals surface area contributed by atoms with Crippen molar-refractivity contribution in [1.29, 1.82) is 0 Å². The molecule has 0 aromatic rings. The summed E-state index contributed by atoms with van der Waals surface area (Å²) in [5, 5.41) is 0. The van der Waals surface area contributed by atoms with Crippen LogP contribution in [0.1, 0.15) is 13.8 Å². The maximum absolute atomic E-state index is 10.4. The summed E-state index contributed by atoms with van der Waals surface area (Å²) in [6, 6.07) is 0. The van der Waals surface area contributed by atoms with E-state index in [4.69, 9.17) is 0 Å². The van der Waals surface area contributed by atoms with Gasteiger partial charge in [-0.25, -0.2) is 4.79 Å². The van der Waals surface area contributed by atoms with E-state index in [1.807, 2.05) is 0 Å². The zero-order chi connectivity index (χ0) is 7.44. The van der Waals surface area contributed by atoms with E-state index in [0.717, 1.165) is 0 Å². The molecule has 4 heteroatoms. The zero-order valence-corrected chi connectivity index (χ0v) is 5.38. The summed E-state index contributed by atoms with van der Waals surface area (Å²) >= 11 is 0. The molecule has 1 amide bonds. The first-order valence-corrected chi connectivity index (χ1v) is 2.55. The van der Waals surface area contributed by atoms with Gasteiger partial charge < -0.3 is 10.5 Å². The minimum atomic E-state index is -1.05. The molecule has 0 fully saturated rings. The Kier molecular flexibility index (Phi) is 2.70. The van der Waals surface area contributed by atoms with Gasteiger partial charge in [0.05, 0.1) is 5.92 Å². The van der Waals surface area contributed by atoms with E-state index < -0.39 is 12.1 Å². The molecule has 0 saturated heterocycles. The van der Waals surface area contributed by atoms with Crippen molar-refractivity contribution in [3.8, 4) is 0 Å². The van der Waals surface area contributed by atoms with Gasteiger partial charge in [0.1, 0.15) is 0 Å². The normalized spacial score (nSPS) is 9.22. The lowest BCUT2D eigenvalue weighted by atomic mass is 10.2. The quantitative estimate of drug-likeness (QED) is 0.410. The fourth-order valence-electron chi connectivity index (χ4n) is 0.217. The highest BCUT2D eigenvalue weighted by atomic mass is 16.6. The lowest BCUT2D eigenvalue weighted by Crippen LogP contribution is -2.21. The van der Waals surface area contributed by atoms with Crippen LogP contribution in [0.3, 0.4) is 0 Å². The monoisotopic (exact) mass is 131 g/mol. The van der Waals surface area contributed by atoms with Crippen LogP contribution in [0.5, 0.6) is 0 Å². The van der Waals surface area contributed by atoms with Crippen molar-refractivity contribution in [2.24, 2.45) is 11.7 Å². The molecule has 0 heterocycles. The fourth-order valence-corrected chi connectivity index (χ4v) is 0.217. The second kappa shape index (κ2) is 3.06. The first-order valence-electron chi connectivity index (χ1n) is 2.55. The van der Waals surface area contributed by atoms with Gasteiger partial charge in [0.2, 0.25) is 0 Å². The largest absolute Gasteiger partial charge is 0.412 e. The molecule has 52 valence electrons. The van der Waals surface area contributed by atoms with Crippen LogP contribution < -0.4 is 5.73 Å². The maximum Gasteiger partial charge on any atom is 0.412 e. The third-order valence-corrected chi connectivity index (χ3v) is 0.673. The minimum absolute atomic E-state index is 0.308. The van der Waals surface area contributed by atoms with Crippen molar-refractivity contribution in [3.63, 3.8) is 0 Å². The van der Waals surface area contributed by atoms with E-state index in [-0.39, 0.29) is 5.92 Å². The standard InChI is InChI=1S/C5H9NO3/c1-3(2)4(7)9-5(6)8/h3H,1-2H3,(H2,6,8). The predicted molar refractivity (Wildman–Crippen MR) is 30.5 cm³/mol. The second-order valence-electron chi connectivity index (χ2n) is 1.89. The van der Waals surface area contributed by atoms with Crippen LogP contribution in [0.25, 0.3) is 0 Å². The van der Waals surface area contributed by atoms with Crippen LogP contribution >= 0.6 is 0 Å². The van der Waals surface area contributed by atoms with Gasteiger partial charge in [0.25, 0.3) is 0 Å². The van der Waals surface area contributed by atoms with Gasteiger partial charge in [-0.1, -0.05) is 13.8 Å². The molecule has 4 nitrogen and oxygen atoms in total. The van der Waals surface area contributed by atoms with Gasteiger partial charge >= 0.3 is 12.1 Å². The van der Waals surface area contributed by atoms with E-state index in [2.05, 4.69) is 10.5 Å². The Bertz CT molecular complexity index is 130. The van der Waals surface area contributed by atoms with E-state index in [1.54, 1.807) is 13.8 Å². The smallest absolute Gasteiger partial charge is 0.376 e. The van der Waals surface area contributed by atoms with Gasteiger partial charge in [-0.2, -0.15) is 0 Å². The highest BCUT2D eigenvalue weighted by molar-refractivity contribution is 5.84. The Hall–Kier alpha value is -1.06. The molecule has 0 bridgehead atoms. The van der Waals surface area contributed by atoms with Crippen molar-refractivity contribution in [2.45, 2.75) is 13.8 Å². The Morgan fingerprint density at radius 2 is 1.89 bits per heavy atom. The highest BCUT2D eigenvalue weighted by Gasteiger charge is 2.10. The highest BCUT2D eigenvalue weighted by Crippen LogP contribution is 1.94. The first-order chi connectivity index (χ1) is 4.04. The summed E-state index contributed by atoms with van der Waals surface area (Å²) < 4.78 is 4.01. The number of nitrogens with two attached hydrogens (primary N) is 1. The molecule has 0 rings (SSSR count). The van der Waals surface area contributed by atoms with Gasteiger partial charge in [-0.05, 0) is 0 Å². The molecule has 0 aliphatic carbocycles. The Balaban J connectivity index is 3.64. The molecule has 0 aromatic heterocycles. The van der Waals surface area contributed by atoms with Crippen LogP contribution in [-0.4, -0.2) is 12.1 Å². The average Bonchev–Trinajstić information content (AvgIpc) is 1.63. The van der Waals surface area contributed by atoms with Crippen LogP contribution in [0, 0.1) is 5.92 Å². The van der Waals surface area contributed by atoms with Gasteiger partial charge in [-0.3, -0.25) is 4.79 Å². The molecular weight excluding hydrogens is 122 g/mol.